The van der Waals surface area contributed by atoms with Crippen molar-refractivity contribution in [2.24, 2.45) is 5.92 Å². The van der Waals surface area contributed by atoms with E-state index in [1.54, 1.807) is 19.2 Å². The van der Waals surface area contributed by atoms with Crippen LogP contribution >= 0.6 is 7.37 Å². The first-order valence-electron chi connectivity index (χ1n) is 21.0. The number of carbonyl (C=O) groups is 3. The molecule has 2 unspecified atom stereocenters. The van der Waals surface area contributed by atoms with E-state index in [0.29, 0.717) is 60.6 Å². The molecule has 16 heteroatoms. The molecular weight excluding hydrogens is 785 g/mol. The Bertz CT molecular complexity index is 2080. The van der Waals surface area contributed by atoms with E-state index in [0.717, 1.165) is 62.6 Å². The monoisotopic (exact) mass is 840 g/mol. The topological polar surface area (TPSA) is 166 Å². The zero-order valence-electron chi connectivity index (χ0n) is 34.0. The number of hydrogen-bond donors (Lipinski definition) is 3. The van der Waals surface area contributed by atoms with Gasteiger partial charge in [0.1, 0.15) is 52.7 Å². The molecule has 59 heavy (non-hydrogen) atoms. The van der Waals surface area contributed by atoms with Crippen LogP contribution in [0, 0.1) is 24.5 Å². The van der Waals surface area contributed by atoms with Crippen molar-refractivity contribution in [1.29, 1.82) is 0 Å². The van der Waals surface area contributed by atoms with Crippen LogP contribution in [0.25, 0.3) is 10.9 Å². The molecule has 13 nitrogen and oxygen atoms in total. The van der Waals surface area contributed by atoms with Crippen LogP contribution in [0.1, 0.15) is 102 Å². The van der Waals surface area contributed by atoms with Crippen molar-refractivity contribution < 1.29 is 51.6 Å². The van der Waals surface area contributed by atoms with Crippen LogP contribution in [-0.4, -0.2) is 82.5 Å². The van der Waals surface area contributed by atoms with Gasteiger partial charge in [-0.25, -0.2) is 18.6 Å². The molecule has 3 heterocycles. The Kier molecular flexibility index (Phi) is 13.0. The van der Waals surface area contributed by atoms with E-state index in [4.69, 9.17) is 18.9 Å². The number of hydrogen-bond acceptors (Lipinski definition) is 9. The third kappa shape index (κ3) is 9.16. The van der Waals surface area contributed by atoms with Crippen LogP contribution < -0.4 is 24.8 Å². The molecule has 3 aromatic rings. The average Bonchev–Trinajstić information content (AvgIpc) is 3.47. The van der Waals surface area contributed by atoms with Gasteiger partial charge in [-0.05, 0) is 89.0 Å². The Labute approximate surface area is 343 Å². The second kappa shape index (κ2) is 18.0. The zero-order chi connectivity index (χ0) is 41.9. The second-order valence-electron chi connectivity index (χ2n) is 16.4. The van der Waals surface area contributed by atoms with Gasteiger partial charge < -0.3 is 39.4 Å². The molecule has 4 aliphatic rings. The third-order valence-corrected chi connectivity index (χ3v) is 15.1. The summed E-state index contributed by atoms with van der Waals surface area (Å²) in [6.45, 7) is 3.99. The predicted molar refractivity (Wildman–Crippen MR) is 216 cm³/mol. The van der Waals surface area contributed by atoms with Gasteiger partial charge in [-0.2, -0.15) is 0 Å². The Morgan fingerprint density at radius 2 is 1.69 bits per heavy atom. The smallest absolute Gasteiger partial charge is 0.408 e. The fourth-order valence-corrected chi connectivity index (χ4v) is 11.7. The van der Waals surface area contributed by atoms with Gasteiger partial charge in [0, 0.05) is 29.0 Å². The number of fused-ring (bicyclic) bond motifs is 3. The maximum absolute atomic E-state index is 14.9. The maximum atomic E-state index is 14.9. The standard InChI is InChI=1S/C43H55F2N4O9P/c1-4-56-38-22-37(30-19-20-36(55-3)26(2)39(30)47-38)57-29-21-35-40(50)48-43(59(53,54)25-31-32(44)16-12-17-33(31)45)23-27(43)13-8-6-5-7-9-18-34(41(51)49(35)24-29)46-42(52)58-28-14-10-11-15-28/h12,16-17,19-20,22,27-29,34-35H,4-11,13-15,18,21,23-25H2,1-3H3,(H,46,52)(H,48,50)(H,53,54)/t27-,29?,34-,35-,43-/m0/s1. The number of aryl methyl sites for hydroxylation is 1. The summed E-state index contributed by atoms with van der Waals surface area (Å²) >= 11 is 0. The number of nitrogens with zero attached hydrogens (tertiary/aromatic N) is 2. The Balaban J connectivity index is 1.22. The minimum absolute atomic E-state index is 0.00183. The van der Waals surface area contributed by atoms with Crippen LogP contribution in [0.3, 0.4) is 0 Å². The van der Waals surface area contributed by atoms with Crippen molar-refractivity contribution in [3.63, 3.8) is 0 Å². The summed E-state index contributed by atoms with van der Waals surface area (Å²) in [5, 5.41) is 4.70. The molecule has 0 spiro atoms. The SMILES string of the molecule is CCOc1cc(OC2C[C@H]3C(=O)N[C@]4(P(=O)(O)Cc5c(F)cccc5F)C[C@@H]4CCCCCCC[C@H](NC(=O)OC4CCCC4)C(=O)N3C2)c2ccc(OC)c(C)c2n1. The Hall–Kier alpha value is -4.49. The number of methoxy groups -OCH3 is 1. The lowest BCUT2D eigenvalue weighted by atomic mass is 10.0. The summed E-state index contributed by atoms with van der Waals surface area (Å²) in [5.41, 5.74) is 0.831. The number of carbonyl (C=O) groups excluding carboxylic acids is 3. The third-order valence-electron chi connectivity index (χ3n) is 12.5. The lowest BCUT2D eigenvalue weighted by molar-refractivity contribution is -0.140. The van der Waals surface area contributed by atoms with E-state index in [1.807, 2.05) is 19.9 Å². The number of halogens is 2. The van der Waals surface area contributed by atoms with Crippen LogP contribution in [-0.2, 0) is 25.1 Å². The molecule has 1 aromatic heterocycles. The lowest BCUT2D eigenvalue weighted by Gasteiger charge is -2.31. The molecule has 2 saturated carbocycles. The van der Waals surface area contributed by atoms with Crippen molar-refractivity contribution in [2.75, 3.05) is 20.3 Å². The van der Waals surface area contributed by atoms with Crippen LogP contribution in [0.4, 0.5) is 13.6 Å². The largest absolute Gasteiger partial charge is 0.496 e. The number of amides is 3. The second-order valence-corrected chi connectivity index (χ2v) is 18.9. The highest BCUT2D eigenvalue weighted by Crippen LogP contribution is 2.71. The Morgan fingerprint density at radius 1 is 1.00 bits per heavy atom. The highest BCUT2D eigenvalue weighted by Gasteiger charge is 2.66. The summed E-state index contributed by atoms with van der Waals surface area (Å²) in [4.78, 5) is 60.5. The Morgan fingerprint density at radius 3 is 2.41 bits per heavy atom. The number of rotatable bonds is 10. The first-order chi connectivity index (χ1) is 28.3. The van der Waals surface area contributed by atoms with Crippen molar-refractivity contribution in [3.05, 3.63) is 59.2 Å². The molecule has 0 radical (unpaired) electrons. The highest BCUT2D eigenvalue weighted by molar-refractivity contribution is 7.59. The number of aromatic nitrogens is 1. The predicted octanol–water partition coefficient (Wildman–Crippen LogP) is 7.66. The number of benzene rings is 2. The van der Waals surface area contributed by atoms with Gasteiger partial charge in [-0.1, -0.05) is 38.2 Å². The van der Waals surface area contributed by atoms with Crippen molar-refractivity contribution >= 4 is 36.2 Å². The number of ether oxygens (including phenoxy) is 4. The number of nitrogens with one attached hydrogen (secondary N) is 2. The fraction of sp³-hybridized carbons (Fsp3) is 0.581. The van der Waals surface area contributed by atoms with Crippen molar-refractivity contribution in [2.45, 2.75) is 133 Å². The first-order valence-corrected chi connectivity index (χ1v) is 22.8. The van der Waals surface area contributed by atoms with Gasteiger partial charge in [0.05, 0.1) is 31.9 Å². The summed E-state index contributed by atoms with van der Waals surface area (Å²) in [6.07, 6.45) is 5.67. The molecule has 4 fully saturated rings. The van der Waals surface area contributed by atoms with E-state index >= 15 is 0 Å². The van der Waals surface area contributed by atoms with Gasteiger partial charge in [0.2, 0.25) is 25.1 Å². The molecule has 2 saturated heterocycles. The van der Waals surface area contributed by atoms with Crippen molar-refractivity contribution in [3.8, 4) is 17.4 Å². The molecule has 0 bridgehead atoms. The van der Waals surface area contributed by atoms with Gasteiger partial charge in [-0.3, -0.25) is 14.2 Å². The van der Waals surface area contributed by atoms with E-state index in [2.05, 4.69) is 15.6 Å². The number of pyridine rings is 1. The van der Waals surface area contributed by atoms with Crippen LogP contribution in [0.5, 0.6) is 17.4 Å². The van der Waals surface area contributed by atoms with E-state index < -0.39 is 78.0 Å². The van der Waals surface area contributed by atoms with Crippen molar-refractivity contribution in [1.82, 2.24) is 20.5 Å². The van der Waals surface area contributed by atoms with E-state index in [1.165, 1.54) is 11.0 Å². The van der Waals surface area contributed by atoms with E-state index in [9.17, 15) is 32.6 Å². The molecule has 6 atom stereocenters. The summed E-state index contributed by atoms with van der Waals surface area (Å²) in [6, 6.07) is 6.33. The molecule has 3 amide bonds. The maximum Gasteiger partial charge on any atom is 0.408 e. The molecule has 3 N–H and O–H groups in total. The average molecular weight is 841 g/mol. The molecule has 2 aliphatic heterocycles. The number of alkyl carbamates (subject to hydrolysis) is 1. The molecule has 7 rings (SSSR count). The van der Waals surface area contributed by atoms with Crippen LogP contribution in [0.15, 0.2) is 36.4 Å². The molecule has 2 aromatic carbocycles. The molecule has 320 valence electrons. The summed E-state index contributed by atoms with van der Waals surface area (Å²) < 4.78 is 67.9. The zero-order valence-corrected chi connectivity index (χ0v) is 34.9. The first kappa shape index (κ1) is 42.6. The minimum Gasteiger partial charge on any atom is -0.496 e. The minimum atomic E-state index is -4.52. The van der Waals surface area contributed by atoms with Crippen LogP contribution in [0.2, 0.25) is 0 Å². The fourth-order valence-electron chi connectivity index (χ4n) is 9.17. The van der Waals surface area contributed by atoms with E-state index in [-0.39, 0.29) is 25.5 Å². The normalized spacial score (nSPS) is 26.4. The summed E-state index contributed by atoms with van der Waals surface area (Å²) in [5.74, 6) is -2.17. The highest BCUT2D eigenvalue weighted by atomic mass is 31.2. The van der Waals surface area contributed by atoms with Gasteiger partial charge in [-0.15, -0.1) is 0 Å². The van der Waals surface area contributed by atoms with Gasteiger partial charge in [0.15, 0.2) is 0 Å². The van der Waals surface area contributed by atoms with Gasteiger partial charge >= 0.3 is 6.09 Å². The molecule has 2 aliphatic carbocycles. The summed E-state index contributed by atoms with van der Waals surface area (Å²) in [7, 11) is -2.96. The lowest BCUT2D eigenvalue weighted by Crippen LogP contribution is -2.55. The van der Waals surface area contributed by atoms with Gasteiger partial charge in [0.25, 0.3) is 0 Å². The quantitative estimate of drug-likeness (QED) is 0.173. The molecular formula is C43H55F2N4O9P.